The highest BCUT2D eigenvalue weighted by atomic mass is 15.4. The summed E-state index contributed by atoms with van der Waals surface area (Å²) in [6.07, 6.45) is 3.85. The van der Waals surface area contributed by atoms with E-state index in [-0.39, 0.29) is 11.9 Å². The van der Waals surface area contributed by atoms with E-state index >= 15 is 0 Å². The molecule has 0 spiro atoms. The quantitative estimate of drug-likeness (QED) is 0.0892. The van der Waals surface area contributed by atoms with Crippen LogP contribution in [0.15, 0.2) is 97.3 Å². The lowest BCUT2D eigenvalue weighted by Crippen LogP contribution is -2.11. The summed E-state index contributed by atoms with van der Waals surface area (Å²) in [6.45, 7) is 3.88. The Kier molecular flexibility index (Phi) is 7.23. The fraction of sp³-hybridized carbons (Fsp3) is 0.0556. The Morgan fingerprint density at radius 3 is 1.37 bits per heavy atom. The van der Waals surface area contributed by atoms with Crippen LogP contribution < -0.4 is 22.5 Å². The minimum absolute atomic E-state index is 0.269. The van der Waals surface area contributed by atoms with E-state index in [1.807, 2.05) is 111 Å². The molecule has 0 aliphatic rings. The van der Waals surface area contributed by atoms with Crippen LogP contribution in [0.4, 0.5) is 11.9 Å². The molecule has 3 aromatic carbocycles. The van der Waals surface area contributed by atoms with Crippen molar-refractivity contribution in [2.24, 2.45) is 11.7 Å². The second kappa shape index (κ2) is 12.2. The van der Waals surface area contributed by atoms with Crippen LogP contribution in [0.1, 0.15) is 11.4 Å². The lowest BCUT2D eigenvalue weighted by atomic mass is 10.1. The maximum atomic E-state index is 5.78. The second-order valence-electron chi connectivity index (χ2n) is 12.1. The zero-order valence-corrected chi connectivity index (χ0v) is 27.9. The number of nitrogens with zero attached hydrogens (tertiary/aromatic N) is 10. The smallest absolute Gasteiger partial charge is 0.238 e. The highest BCUT2D eigenvalue weighted by Gasteiger charge is 2.20. The van der Waals surface area contributed by atoms with Crippen LogP contribution in [0.2, 0.25) is 0 Å². The first-order valence-corrected chi connectivity index (χ1v) is 16.3. The number of aromatic amines is 2. The number of anilines is 2. The van der Waals surface area contributed by atoms with E-state index in [1.165, 1.54) is 0 Å². The fourth-order valence-corrected chi connectivity index (χ4v) is 6.47. The van der Waals surface area contributed by atoms with Crippen molar-refractivity contribution in [1.29, 1.82) is 0 Å². The van der Waals surface area contributed by atoms with Crippen LogP contribution in [0, 0.1) is 13.8 Å². The molecule has 9 rings (SSSR count). The number of para-hydroxylation sites is 2. The van der Waals surface area contributed by atoms with Gasteiger partial charge < -0.3 is 9.97 Å². The first-order chi connectivity index (χ1) is 25.5. The molecule has 0 radical (unpaired) electrons. The average Bonchev–Trinajstić information content (AvgIpc) is 3.99. The number of rotatable bonds is 8. The Morgan fingerprint density at radius 1 is 0.538 bits per heavy atom. The van der Waals surface area contributed by atoms with Crippen LogP contribution in [0.5, 0.6) is 0 Å². The van der Waals surface area contributed by atoms with Gasteiger partial charge in [0.05, 0.1) is 45.5 Å². The number of hydrazine groups is 2. The van der Waals surface area contributed by atoms with E-state index < -0.39 is 0 Å². The average molecular weight is 687 g/mol. The van der Waals surface area contributed by atoms with Crippen LogP contribution >= 0.6 is 0 Å². The van der Waals surface area contributed by atoms with Gasteiger partial charge in [-0.05, 0) is 62.4 Å². The minimum Gasteiger partial charge on any atom is -0.360 e. The summed E-state index contributed by atoms with van der Waals surface area (Å²) < 4.78 is 3.52. The molecule has 0 bridgehead atoms. The number of fused-ring (bicyclic) bond motifs is 2. The molecule has 6 heterocycles. The molecular weight excluding hydrogens is 657 g/mol. The van der Waals surface area contributed by atoms with Gasteiger partial charge in [0.25, 0.3) is 0 Å². The number of benzene rings is 3. The van der Waals surface area contributed by atoms with Gasteiger partial charge in [0.15, 0.2) is 0 Å². The molecule has 0 fully saturated rings. The number of aromatic nitrogens is 12. The summed E-state index contributed by atoms with van der Waals surface area (Å²) in [5.74, 6) is 12.1. The van der Waals surface area contributed by atoms with E-state index in [1.54, 1.807) is 9.36 Å². The molecule has 254 valence electrons. The molecule has 0 saturated carbocycles. The van der Waals surface area contributed by atoms with Gasteiger partial charge in [-0.15, -0.1) is 10.2 Å². The molecule has 6 aromatic heterocycles. The zero-order valence-electron chi connectivity index (χ0n) is 27.9. The maximum absolute atomic E-state index is 5.78. The Labute approximate surface area is 294 Å². The summed E-state index contributed by atoms with van der Waals surface area (Å²) in [7, 11) is 0. The maximum Gasteiger partial charge on any atom is 0.238 e. The number of H-pyrrole nitrogens is 2. The molecule has 8 N–H and O–H groups in total. The number of nitrogens with one attached hydrogen (secondary N) is 4. The van der Waals surface area contributed by atoms with Crippen molar-refractivity contribution in [3.63, 3.8) is 0 Å². The molecule has 16 heteroatoms. The van der Waals surface area contributed by atoms with Gasteiger partial charge in [0.1, 0.15) is 11.4 Å². The van der Waals surface area contributed by atoms with E-state index in [0.29, 0.717) is 34.2 Å². The monoisotopic (exact) mass is 686 g/mol. The summed E-state index contributed by atoms with van der Waals surface area (Å²) in [5.41, 5.74) is 16.0. The highest BCUT2D eigenvalue weighted by Crippen LogP contribution is 2.33. The molecule has 0 saturated heterocycles. The number of nitrogen functional groups attached to an aromatic ring is 2. The summed E-state index contributed by atoms with van der Waals surface area (Å²) in [6, 6.07) is 27.6. The lowest BCUT2D eigenvalue weighted by molar-refractivity contribution is 0.774. The van der Waals surface area contributed by atoms with Crippen molar-refractivity contribution < 1.29 is 0 Å². The first-order valence-electron chi connectivity index (χ1n) is 16.3. The number of nitrogens with two attached hydrogens (primary N) is 2. The third-order valence-electron chi connectivity index (χ3n) is 9.05. The third kappa shape index (κ3) is 5.10. The third-order valence-corrected chi connectivity index (χ3v) is 9.05. The van der Waals surface area contributed by atoms with Crippen molar-refractivity contribution in [2.75, 3.05) is 10.9 Å². The van der Waals surface area contributed by atoms with E-state index in [4.69, 9.17) is 11.7 Å². The van der Waals surface area contributed by atoms with Gasteiger partial charge >= 0.3 is 0 Å². The summed E-state index contributed by atoms with van der Waals surface area (Å²) in [5, 5.41) is 20.0. The zero-order chi connectivity index (χ0) is 35.3. The molecule has 52 heavy (non-hydrogen) atoms. The molecule has 0 aliphatic carbocycles. The van der Waals surface area contributed by atoms with Gasteiger partial charge in [0.2, 0.25) is 11.9 Å². The SMILES string of the molecule is Cc1c(-c2cc(-c3c[nH]c4ccccc34)nc(NN)n2)nnn1-c1ccc(-n2nnc(-c3cc(-c4c[nH]c5ccccc45)nc(NN)n3)c2C)cc1. The molecule has 0 aliphatic heterocycles. The van der Waals surface area contributed by atoms with E-state index in [2.05, 4.69) is 61.4 Å². The topological polar surface area (TPSA) is 221 Å². The first kappa shape index (κ1) is 30.7. The van der Waals surface area contributed by atoms with Gasteiger partial charge in [-0.1, -0.05) is 46.8 Å². The van der Waals surface area contributed by atoms with Crippen LogP contribution in [0.3, 0.4) is 0 Å². The molecule has 0 amide bonds. The van der Waals surface area contributed by atoms with Crippen LogP contribution in [0.25, 0.3) is 78.5 Å². The Hall–Kier alpha value is -7.30. The Balaban J connectivity index is 1.02. The largest absolute Gasteiger partial charge is 0.360 e. The van der Waals surface area contributed by atoms with Crippen molar-refractivity contribution >= 4 is 33.7 Å². The standard InChI is InChI=1S/C36H30N16/c1-19-33(31-15-29(41-35(43-31)45-37)25-17-39-27-9-5-3-7-23(25)27)47-49-51(19)21-11-13-22(14-12-21)52-20(2)34(48-50-52)32-16-30(42-36(44-32)46-38)26-18-40-28-10-6-4-8-24(26)28/h3-18,39-40H,37-38H2,1-2H3,(H,41,43,45)(H,42,44,46). The van der Waals surface area contributed by atoms with Gasteiger partial charge in [-0.3, -0.25) is 10.9 Å². The number of hydrogen-bond donors (Lipinski definition) is 6. The normalized spacial score (nSPS) is 11.5. The Morgan fingerprint density at radius 2 is 0.942 bits per heavy atom. The summed E-state index contributed by atoms with van der Waals surface area (Å²) in [4.78, 5) is 25.0. The Bertz CT molecular complexity index is 2560. The summed E-state index contributed by atoms with van der Waals surface area (Å²) >= 11 is 0. The van der Waals surface area contributed by atoms with Crippen molar-refractivity contribution in [3.8, 4) is 56.7 Å². The van der Waals surface area contributed by atoms with Crippen molar-refractivity contribution in [1.82, 2.24) is 59.9 Å². The van der Waals surface area contributed by atoms with E-state index in [0.717, 1.165) is 55.7 Å². The molecular formula is C36H30N16. The lowest BCUT2D eigenvalue weighted by Gasteiger charge is -2.09. The van der Waals surface area contributed by atoms with Crippen LogP contribution in [-0.4, -0.2) is 59.9 Å². The molecule has 0 unspecified atom stereocenters. The predicted octanol–water partition coefficient (Wildman–Crippen LogP) is 5.25. The van der Waals surface area contributed by atoms with Crippen molar-refractivity contribution in [3.05, 3.63) is 109 Å². The second-order valence-corrected chi connectivity index (χ2v) is 12.1. The molecule has 16 nitrogen and oxygen atoms in total. The molecule has 9 aromatic rings. The number of hydrogen-bond acceptors (Lipinski definition) is 12. The highest BCUT2D eigenvalue weighted by molar-refractivity contribution is 5.96. The van der Waals surface area contributed by atoms with E-state index in [9.17, 15) is 0 Å². The van der Waals surface area contributed by atoms with Gasteiger partial charge in [-0.25, -0.2) is 41.0 Å². The van der Waals surface area contributed by atoms with Crippen LogP contribution in [-0.2, 0) is 0 Å². The molecule has 0 atom stereocenters. The van der Waals surface area contributed by atoms with Crippen molar-refractivity contribution in [2.45, 2.75) is 13.8 Å². The fourth-order valence-electron chi connectivity index (χ4n) is 6.47. The van der Waals surface area contributed by atoms with Gasteiger partial charge in [-0.2, -0.15) is 0 Å². The van der Waals surface area contributed by atoms with Gasteiger partial charge in [0, 0.05) is 45.3 Å². The minimum atomic E-state index is 0.269. The predicted molar refractivity (Wildman–Crippen MR) is 198 cm³/mol.